The lowest BCUT2D eigenvalue weighted by atomic mass is 10.1. The van der Waals surface area contributed by atoms with Crippen LogP contribution in [0.4, 0.5) is 0 Å². The number of rotatable bonds is 2. The molecule has 0 radical (unpaired) electrons. The highest BCUT2D eigenvalue weighted by molar-refractivity contribution is 7.08. The Morgan fingerprint density at radius 1 is 1.29 bits per heavy atom. The molecule has 2 heterocycles. The predicted molar refractivity (Wildman–Crippen MR) is 71.1 cm³/mol. The maximum Gasteiger partial charge on any atom is 0.196 e. The number of fused-ring (bicyclic) bond motifs is 1. The molecular formula is C13H8ClNOS. The van der Waals surface area contributed by atoms with Crippen LogP contribution in [-0.2, 0) is 0 Å². The molecule has 0 amide bonds. The predicted octanol–water partition coefficient (Wildman–Crippen LogP) is 4.11. The molecule has 17 heavy (non-hydrogen) atoms. The summed E-state index contributed by atoms with van der Waals surface area (Å²) in [6.07, 6.45) is 1.74. The van der Waals surface area contributed by atoms with Crippen molar-refractivity contribution in [3.05, 3.63) is 57.4 Å². The van der Waals surface area contributed by atoms with E-state index >= 15 is 0 Å². The van der Waals surface area contributed by atoms with E-state index in [2.05, 4.69) is 4.98 Å². The molecule has 84 valence electrons. The number of aromatic amines is 1. The molecule has 2 aromatic heterocycles. The molecule has 1 N–H and O–H groups in total. The van der Waals surface area contributed by atoms with Gasteiger partial charge in [-0.3, -0.25) is 4.79 Å². The molecular weight excluding hydrogens is 254 g/mol. The molecule has 3 rings (SSSR count). The lowest BCUT2D eigenvalue weighted by Crippen LogP contribution is -1.97. The molecule has 0 bridgehead atoms. The van der Waals surface area contributed by atoms with Gasteiger partial charge in [0.15, 0.2) is 5.78 Å². The van der Waals surface area contributed by atoms with Crippen molar-refractivity contribution in [2.24, 2.45) is 0 Å². The number of ketones is 1. The monoisotopic (exact) mass is 261 g/mol. The van der Waals surface area contributed by atoms with E-state index in [1.54, 1.807) is 12.3 Å². The fourth-order valence-electron chi connectivity index (χ4n) is 1.83. The SMILES string of the molecule is O=C(c1ccsc1)c1c[nH]c2ccc(Cl)cc12. The van der Waals surface area contributed by atoms with Crippen LogP contribution >= 0.6 is 22.9 Å². The molecule has 0 fully saturated rings. The summed E-state index contributed by atoms with van der Waals surface area (Å²) in [6.45, 7) is 0. The highest BCUT2D eigenvalue weighted by atomic mass is 35.5. The maximum atomic E-state index is 12.2. The quantitative estimate of drug-likeness (QED) is 0.692. The normalized spacial score (nSPS) is 10.9. The Kier molecular flexibility index (Phi) is 2.50. The molecule has 0 spiro atoms. The van der Waals surface area contributed by atoms with Crippen LogP contribution < -0.4 is 0 Å². The zero-order valence-electron chi connectivity index (χ0n) is 8.74. The average molecular weight is 262 g/mol. The minimum atomic E-state index is 0.0276. The van der Waals surface area contributed by atoms with Gasteiger partial charge in [0, 0.05) is 38.6 Å². The zero-order chi connectivity index (χ0) is 11.8. The molecule has 1 aromatic carbocycles. The summed E-state index contributed by atoms with van der Waals surface area (Å²) in [5, 5.41) is 5.26. The fraction of sp³-hybridized carbons (Fsp3) is 0. The van der Waals surface area contributed by atoms with Gasteiger partial charge in [-0.25, -0.2) is 0 Å². The van der Waals surface area contributed by atoms with Crippen LogP contribution in [0, 0.1) is 0 Å². The van der Waals surface area contributed by atoms with Gasteiger partial charge in [0.2, 0.25) is 0 Å². The zero-order valence-corrected chi connectivity index (χ0v) is 10.3. The van der Waals surface area contributed by atoms with Crippen molar-refractivity contribution in [1.82, 2.24) is 4.98 Å². The average Bonchev–Trinajstić information content (AvgIpc) is 2.97. The Bertz CT molecular complexity index is 685. The van der Waals surface area contributed by atoms with E-state index in [4.69, 9.17) is 11.6 Å². The topological polar surface area (TPSA) is 32.9 Å². The summed E-state index contributed by atoms with van der Waals surface area (Å²) in [5.41, 5.74) is 2.31. The maximum absolute atomic E-state index is 12.2. The third-order valence-electron chi connectivity index (χ3n) is 2.67. The Hall–Kier alpha value is -1.58. The molecule has 3 aromatic rings. The third kappa shape index (κ3) is 1.77. The van der Waals surface area contributed by atoms with E-state index in [-0.39, 0.29) is 5.78 Å². The van der Waals surface area contributed by atoms with Gasteiger partial charge in [-0.15, -0.1) is 0 Å². The van der Waals surface area contributed by atoms with Gasteiger partial charge < -0.3 is 4.98 Å². The first-order chi connectivity index (χ1) is 8.25. The van der Waals surface area contributed by atoms with Crippen molar-refractivity contribution < 1.29 is 4.79 Å². The molecule has 0 saturated heterocycles. The van der Waals surface area contributed by atoms with Crippen molar-refractivity contribution in [2.75, 3.05) is 0 Å². The third-order valence-corrected chi connectivity index (χ3v) is 3.59. The van der Waals surface area contributed by atoms with Crippen LogP contribution in [0.3, 0.4) is 0 Å². The molecule has 0 saturated carbocycles. The number of nitrogens with one attached hydrogen (secondary N) is 1. The van der Waals surface area contributed by atoms with Gasteiger partial charge >= 0.3 is 0 Å². The minimum absolute atomic E-state index is 0.0276. The summed E-state index contributed by atoms with van der Waals surface area (Å²) >= 11 is 7.47. The number of H-pyrrole nitrogens is 1. The first kappa shape index (κ1) is 10.6. The van der Waals surface area contributed by atoms with Crippen LogP contribution in [0.5, 0.6) is 0 Å². The van der Waals surface area contributed by atoms with Crippen LogP contribution in [0.1, 0.15) is 15.9 Å². The first-order valence-corrected chi connectivity index (χ1v) is 6.41. The Balaban J connectivity index is 2.18. The van der Waals surface area contributed by atoms with E-state index in [0.717, 1.165) is 16.5 Å². The number of aromatic nitrogens is 1. The van der Waals surface area contributed by atoms with Crippen LogP contribution in [0.25, 0.3) is 10.9 Å². The molecule has 0 aliphatic carbocycles. The highest BCUT2D eigenvalue weighted by Crippen LogP contribution is 2.24. The van der Waals surface area contributed by atoms with Gasteiger partial charge in [-0.05, 0) is 29.6 Å². The second kappa shape index (κ2) is 4.02. The van der Waals surface area contributed by atoms with E-state index in [1.807, 2.05) is 29.0 Å². The molecule has 0 aliphatic rings. The molecule has 0 atom stereocenters. The number of benzene rings is 1. The van der Waals surface area contributed by atoms with E-state index in [0.29, 0.717) is 10.6 Å². The van der Waals surface area contributed by atoms with Crippen molar-refractivity contribution in [3.63, 3.8) is 0 Å². The summed E-state index contributed by atoms with van der Waals surface area (Å²) in [6, 6.07) is 7.32. The number of carbonyl (C=O) groups excluding carboxylic acids is 1. The standard InChI is InChI=1S/C13H8ClNOS/c14-9-1-2-12-10(5-9)11(6-15-12)13(16)8-3-4-17-7-8/h1-7,15H. The lowest BCUT2D eigenvalue weighted by molar-refractivity contribution is 0.104. The smallest absolute Gasteiger partial charge is 0.196 e. The second-order valence-electron chi connectivity index (χ2n) is 3.73. The number of hydrogen-bond acceptors (Lipinski definition) is 2. The van der Waals surface area contributed by atoms with E-state index in [9.17, 15) is 4.79 Å². The number of carbonyl (C=O) groups is 1. The van der Waals surface area contributed by atoms with Crippen LogP contribution in [0.2, 0.25) is 5.02 Å². The molecule has 0 aliphatic heterocycles. The Labute approximate surface area is 107 Å². The van der Waals surface area contributed by atoms with Crippen molar-refractivity contribution >= 4 is 39.6 Å². The Morgan fingerprint density at radius 3 is 2.94 bits per heavy atom. The minimum Gasteiger partial charge on any atom is -0.360 e. The number of thiophene rings is 1. The van der Waals surface area contributed by atoms with Gasteiger partial charge in [0.1, 0.15) is 0 Å². The largest absolute Gasteiger partial charge is 0.360 e. The van der Waals surface area contributed by atoms with Crippen LogP contribution in [0.15, 0.2) is 41.2 Å². The van der Waals surface area contributed by atoms with Gasteiger partial charge in [-0.2, -0.15) is 11.3 Å². The van der Waals surface area contributed by atoms with Crippen molar-refractivity contribution in [1.29, 1.82) is 0 Å². The summed E-state index contributed by atoms with van der Waals surface area (Å²) in [4.78, 5) is 15.3. The highest BCUT2D eigenvalue weighted by Gasteiger charge is 2.14. The molecule has 4 heteroatoms. The second-order valence-corrected chi connectivity index (χ2v) is 4.95. The first-order valence-electron chi connectivity index (χ1n) is 5.09. The van der Waals surface area contributed by atoms with E-state index < -0.39 is 0 Å². The summed E-state index contributed by atoms with van der Waals surface area (Å²) in [5.74, 6) is 0.0276. The van der Waals surface area contributed by atoms with Crippen molar-refractivity contribution in [3.8, 4) is 0 Å². The summed E-state index contributed by atoms with van der Waals surface area (Å²) in [7, 11) is 0. The Morgan fingerprint density at radius 2 is 2.18 bits per heavy atom. The van der Waals surface area contributed by atoms with Crippen molar-refractivity contribution in [2.45, 2.75) is 0 Å². The summed E-state index contributed by atoms with van der Waals surface area (Å²) < 4.78 is 0. The number of halogens is 1. The molecule has 0 unspecified atom stereocenters. The number of hydrogen-bond donors (Lipinski definition) is 1. The van der Waals surface area contributed by atoms with Crippen LogP contribution in [-0.4, -0.2) is 10.8 Å². The van der Waals surface area contributed by atoms with Gasteiger partial charge in [-0.1, -0.05) is 11.6 Å². The van der Waals surface area contributed by atoms with Gasteiger partial charge in [0.25, 0.3) is 0 Å². The lowest BCUT2D eigenvalue weighted by Gasteiger charge is -1.97. The fourth-order valence-corrected chi connectivity index (χ4v) is 2.64. The van der Waals surface area contributed by atoms with E-state index in [1.165, 1.54) is 11.3 Å². The molecule has 2 nitrogen and oxygen atoms in total. The van der Waals surface area contributed by atoms with Gasteiger partial charge in [0.05, 0.1) is 0 Å².